The number of Topliss-reactive ketones (excluding diaryl/α,β-unsaturated/α-hetero) is 1. The van der Waals surface area contributed by atoms with Gasteiger partial charge in [0.2, 0.25) is 17.6 Å². The maximum Gasteiger partial charge on any atom is 0.410 e. The second-order valence-electron chi connectivity index (χ2n) is 12.5. The first kappa shape index (κ1) is 28.7. The van der Waals surface area contributed by atoms with Crippen molar-refractivity contribution in [1.29, 1.82) is 0 Å². The van der Waals surface area contributed by atoms with Gasteiger partial charge in [0, 0.05) is 32.1 Å². The van der Waals surface area contributed by atoms with E-state index in [0.717, 1.165) is 38.5 Å². The molecule has 1 aromatic heterocycles. The average Bonchev–Trinajstić information content (AvgIpc) is 3.31. The molecule has 4 aliphatic rings. The average molecular weight is 559 g/mol. The van der Waals surface area contributed by atoms with E-state index >= 15 is 0 Å². The van der Waals surface area contributed by atoms with Crippen molar-refractivity contribution in [1.82, 2.24) is 19.9 Å². The van der Waals surface area contributed by atoms with Crippen LogP contribution in [-0.2, 0) is 14.2 Å². The molecule has 1 N–H and O–H groups in total. The van der Waals surface area contributed by atoms with Gasteiger partial charge in [-0.2, -0.15) is 4.98 Å². The number of hydrogen-bond acceptors (Lipinski definition) is 11. The molecule has 220 valence electrons. The fraction of sp³-hybridized carbons (Fsp3) is 0.786. The molecule has 12 heteroatoms. The van der Waals surface area contributed by atoms with Crippen LogP contribution in [0.1, 0.15) is 89.7 Å². The van der Waals surface area contributed by atoms with Gasteiger partial charge in [0.05, 0.1) is 30.3 Å². The highest BCUT2D eigenvalue weighted by molar-refractivity contribution is 6.13. The Morgan fingerprint density at radius 1 is 1.07 bits per heavy atom. The van der Waals surface area contributed by atoms with E-state index in [1.807, 2.05) is 32.6 Å². The van der Waals surface area contributed by atoms with Gasteiger partial charge in [-0.3, -0.25) is 4.79 Å². The van der Waals surface area contributed by atoms with Crippen molar-refractivity contribution in [3.63, 3.8) is 0 Å². The molecular weight excluding hydrogens is 516 g/mol. The van der Waals surface area contributed by atoms with Crippen molar-refractivity contribution in [3.05, 3.63) is 12.2 Å². The number of anilines is 1. The molecule has 4 fully saturated rings. The lowest BCUT2D eigenvalue weighted by molar-refractivity contribution is -0.238. The lowest BCUT2D eigenvalue weighted by Gasteiger charge is -2.53. The number of aromatic nitrogens is 3. The van der Waals surface area contributed by atoms with E-state index in [-0.39, 0.29) is 23.7 Å². The summed E-state index contributed by atoms with van der Waals surface area (Å²) < 4.78 is 18.0. The Labute approximate surface area is 235 Å². The van der Waals surface area contributed by atoms with E-state index in [2.05, 4.69) is 20.1 Å². The second-order valence-corrected chi connectivity index (χ2v) is 12.5. The van der Waals surface area contributed by atoms with Crippen LogP contribution in [0.15, 0.2) is 11.5 Å². The number of carbonyl (C=O) groups excluding carboxylic acids is 2. The van der Waals surface area contributed by atoms with Crippen LogP contribution < -0.4 is 4.90 Å². The molecule has 3 heterocycles. The molecule has 2 aliphatic carbocycles. The molecule has 40 heavy (non-hydrogen) atoms. The van der Waals surface area contributed by atoms with E-state index in [1.165, 1.54) is 6.33 Å². The Kier molecular flexibility index (Phi) is 8.02. The number of ether oxygens (including phenoxy) is 3. The highest BCUT2D eigenvalue weighted by Crippen LogP contribution is 2.56. The van der Waals surface area contributed by atoms with Crippen LogP contribution in [0.4, 0.5) is 10.7 Å². The number of oxime groups is 1. The highest BCUT2D eigenvalue weighted by Gasteiger charge is 2.62. The monoisotopic (exact) mass is 558 g/mol. The molecule has 3 atom stereocenters. The molecule has 2 saturated heterocycles. The Bertz CT molecular complexity index is 1130. The van der Waals surface area contributed by atoms with Crippen molar-refractivity contribution >= 4 is 23.5 Å². The zero-order valence-corrected chi connectivity index (χ0v) is 24.1. The normalized spacial score (nSPS) is 30.1. The third kappa shape index (κ3) is 5.27. The molecule has 1 unspecified atom stereocenters. The van der Waals surface area contributed by atoms with Crippen LogP contribution >= 0.6 is 0 Å². The number of hydrogen-bond donors (Lipinski definition) is 1. The summed E-state index contributed by atoms with van der Waals surface area (Å²) in [6.07, 6.45) is 7.18. The highest BCUT2D eigenvalue weighted by atomic mass is 16.7. The smallest absolute Gasteiger partial charge is 0.410 e. The zero-order chi connectivity index (χ0) is 28.5. The number of amides is 1. The molecule has 2 spiro atoms. The van der Waals surface area contributed by atoms with E-state index in [1.54, 1.807) is 4.90 Å². The van der Waals surface area contributed by atoms with Crippen LogP contribution in [0.2, 0.25) is 0 Å². The minimum Gasteiger partial charge on any atom is -0.444 e. The molecule has 12 nitrogen and oxygen atoms in total. The summed E-state index contributed by atoms with van der Waals surface area (Å²) in [6, 6.07) is -0.105. The van der Waals surface area contributed by atoms with Gasteiger partial charge >= 0.3 is 6.09 Å². The van der Waals surface area contributed by atoms with Crippen molar-refractivity contribution < 1.29 is 29.0 Å². The minimum absolute atomic E-state index is 0.0479. The standard InChI is InChI=1S/C28H42N6O6/c1-19-17-33(25(36)40-26(2,3)4)13-8-14-34(19)24-30-18-29-23(31-24)21(35)20-9-7-11-27(22(20)32-37)10-5-6-12-28(27)38-15-16-39-28/h18-20,37H,5-17H2,1-4H3/b32-22+/t19-,20?,27-/m0/s1. The van der Waals surface area contributed by atoms with Gasteiger partial charge in [-0.15, -0.1) is 0 Å². The minimum atomic E-state index is -0.850. The number of fused-ring (bicyclic) bond motifs is 1. The summed E-state index contributed by atoms with van der Waals surface area (Å²) in [5.41, 5.74) is -0.782. The number of rotatable bonds is 3. The number of nitrogens with zero attached hydrogens (tertiary/aromatic N) is 6. The Hall–Kier alpha value is -2.86. The SMILES string of the molecule is C[C@H]1CN(C(=O)OC(C)(C)C)CCCN1c1ncnc(C(=O)C2CCC[C@@]3(CCCCC34OCCO4)/C2=N/O)n1. The first-order valence-corrected chi connectivity index (χ1v) is 14.6. The van der Waals surface area contributed by atoms with Crippen LogP contribution in [0, 0.1) is 11.3 Å². The van der Waals surface area contributed by atoms with Crippen molar-refractivity contribution in [2.45, 2.75) is 96.5 Å². The maximum atomic E-state index is 13.9. The third-order valence-corrected chi connectivity index (χ3v) is 8.72. The van der Waals surface area contributed by atoms with Crippen molar-refractivity contribution in [2.75, 3.05) is 37.7 Å². The van der Waals surface area contributed by atoms with Gasteiger partial charge < -0.3 is 29.2 Å². The third-order valence-electron chi connectivity index (χ3n) is 8.72. The molecule has 0 radical (unpaired) electrons. The number of carbonyl (C=O) groups is 2. The Balaban J connectivity index is 1.36. The molecule has 1 amide bonds. The molecular formula is C28H42N6O6. The van der Waals surface area contributed by atoms with Gasteiger partial charge in [-0.05, 0) is 59.8 Å². The van der Waals surface area contributed by atoms with Gasteiger partial charge in [-0.1, -0.05) is 18.0 Å². The predicted molar refractivity (Wildman–Crippen MR) is 145 cm³/mol. The fourth-order valence-electron chi connectivity index (χ4n) is 7.01. The molecule has 2 saturated carbocycles. The molecule has 0 bridgehead atoms. The summed E-state index contributed by atoms with van der Waals surface area (Å²) in [7, 11) is 0. The first-order valence-electron chi connectivity index (χ1n) is 14.6. The Morgan fingerprint density at radius 2 is 1.80 bits per heavy atom. The summed E-state index contributed by atoms with van der Waals surface area (Å²) in [4.78, 5) is 43.6. The quantitative estimate of drug-likeness (QED) is 0.331. The van der Waals surface area contributed by atoms with E-state index in [9.17, 15) is 14.8 Å². The topological polar surface area (TPSA) is 140 Å². The summed E-state index contributed by atoms with van der Waals surface area (Å²) in [6.45, 7) is 10.2. The van der Waals surface area contributed by atoms with Crippen molar-refractivity contribution in [3.8, 4) is 0 Å². The van der Waals surface area contributed by atoms with E-state index in [4.69, 9.17) is 14.2 Å². The van der Waals surface area contributed by atoms with E-state index < -0.39 is 22.7 Å². The summed E-state index contributed by atoms with van der Waals surface area (Å²) in [5.74, 6) is -1.36. The maximum absolute atomic E-state index is 13.9. The van der Waals surface area contributed by atoms with Gasteiger partial charge in [-0.25, -0.2) is 14.8 Å². The second kappa shape index (κ2) is 11.2. The lowest BCUT2D eigenvalue weighted by Crippen LogP contribution is -2.60. The summed E-state index contributed by atoms with van der Waals surface area (Å²) >= 11 is 0. The van der Waals surface area contributed by atoms with Gasteiger partial charge in [0.25, 0.3) is 0 Å². The number of ketones is 1. The van der Waals surface area contributed by atoms with Crippen LogP contribution in [-0.4, -0.2) is 92.9 Å². The van der Waals surface area contributed by atoms with Gasteiger partial charge in [0.1, 0.15) is 11.9 Å². The fourth-order valence-corrected chi connectivity index (χ4v) is 7.01. The zero-order valence-electron chi connectivity index (χ0n) is 24.1. The summed E-state index contributed by atoms with van der Waals surface area (Å²) in [5, 5.41) is 14.1. The molecule has 1 aromatic rings. The molecule has 5 rings (SSSR count). The van der Waals surface area contributed by atoms with Crippen LogP contribution in [0.3, 0.4) is 0 Å². The van der Waals surface area contributed by atoms with Crippen LogP contribution in [0.5, 0.6) is 0 Å². The largest absolute Gasteiger partial charge is 0.444 e. The van der Waals surface area contributed by atoms with Crippen molar-refractivity contribution in [2.24, 2.45) is 16.5 Å². The predicted octanol–water partition coefficient (Wildman–Crippen LogP) is 3.82. The van der Waals surface area contributed by atoms with Crippen LogP contribution in [0.25, 0.3) is 0 Å². The van der Waals surface area contributed by atoms with Gasteiger partial charge in [0.15, 0.2) is 5.79 Å². The van der Waals surface area contributed by atoms with E-state index in [0.29, 0.717) is 57.3 Å². The lowest BCUT2D eigenvalue weighted by atomic mass is 9.57. The molecule has 0 aromatic carbocycles. The molecule has 2 aliphatic heterocycles. The Morgan fingerprint density at radius 3 is 2.52 bits per heavy atom. The first-order chi connectivity index (χ1) is 19.1.